The number of ether oxygens (including phenoxy) is 1. The molecule has 0 aliphatic carbocycles. The lowest BCUT2D eigenvalue weighted by atomic mass is 10.1. The number of nitrogens with two attached hydrogens (primary N) is 1. The van der Waals surface area contributed by atoms with E-state index < -0.39 is 11.4 Å². The second-order valence-electron chi connectivity index (χ2n) is 4.71. The van der Waals surface area contributed by atoms with Gasteiger partial charge in [-0.2, -0.15) is 0 Å². The van der Waals surface area contributed by atoms with Crippen LogP contribution in [0.3, 0.4) is 0 Å². The minimum absolute atomic E-state index is 0.136. The Kier molecular flexibility index (Phi) is 3.83. The number of likely N-dealkylation sites (N-methyl/N-ethyl adjacent to an activating group) is 1. The summed E-state index contributed by atoms with van der Waals surface area (Å²) in [5, 5.41) is 9.73. The fourth-order valence-electron chi connectivity index (χ4n) is 1.71. The van der Waals surface area contributed by atoms with Gasteiger partial charge in [-0.3, -0.25) is 0 Å². The summed E-state index contributed by atoms with van der Waals surface area (Å²) in [6.45, 7) is 3.77. The topological polar surface area (TPSA) is 58.7 Å². The summed E-state index contributed by atoms with van der Waals surface area (Å²) in [6.07, 6.45) is 0. The molecule has 0 radical (unpaired) electrons. The summed E-state index contributed by atoms with van der Waals surface area (Å²) >= 11 is 0. The van der Waals surface area contributed by atoms with Gasteiger partial charge in [0.15, 0.2) is 11.6 Å². The van der Waals surface area contributed by atoms with E-state index in [1.54, 1.807) is 25.8 Å². The zero-order valence-electron chi connectivity index (χ0n) is 10.6. The fraction of sp³-hybridized carbons (Fsp3) is 0.500. The highest BCUT2D eigenvalue weighted by Gasteiger charge is 2.18. The molecule has 0 unspecified atom stereocenters. The van der Waals surface area contributed by atoms with Gasteiger partial charge in [0.25, 0.3) is 0 Å². The maximum Gasteiger partial charge on any atom is 0.167 e. The molecule has 0 fully saturated rings. The minimum atomic E-state index is -0.858. The van der Waals surface area contributed by atoms with E-state index in [4.69, 9.17) is 10.5 Å². The number of hydrogen-bond donors (Lipinski definition) is 2. The molecule has 0 saturated carbocycles. The third-order valence-corrected chi connectivity index (χ3v) is 2.34. The number of methoxy groups -OCH3 is 1. The normalized spacial score (nSPS) is 11.4. The molecular weight excluding hydrogens is 223 g/mol. The second kappa shape index (κ2) is 4.79. The van der Waals surface area contributed by atoms with Gasteiger partial charge < -0.3 is 20.5 Å². The minimum Gasteiger partial charge on any atom is -0.494 e. The van der Waals surface area contributed by atoms with Crippen molar-refractivity contribution in [2.75, 3.05) is 31.3 Å². The molecule has 0 atom stereocenters. The first-order valence-corrected chi connectivity index (χ1v) is 5.31. The third kappa shape index (κ3) is 3.49. The third-order valence-electron chi connectivity index (χ3n) is 2.34. The Morgan fingerprint density at radius 1 is 1.47 bits per heavy atom. The largest absolute Gasteiger partial charge is 0.494 e. The Morgan fingerprint density at radius 2 is 2.06 bits per heavy atom. The van der Waals surface area contributed by atoms with Crippen LogP contribution in [0.1, 0.15) is 13.8 Å². The van der Waals surface area contributed by atoms with Crippen LogP contribution in [-0.2, 0) is 0 Å². The lowest BCUT2D eigenvalue weighted by molar-refractivity contribution is 0.0886. The quantitative estimate of drug-likeness (QED) is 0.788. The van der Waals surface area contributed by atoms with Gasteiger partial charge in [0.2, 0.25) is 0 Å². The number of halogens is 1. The molecule has 0 aromatic heterocycles. The molecule has 0 aliphatic heterocycles. The van der Waals surface area contributed by atoms with Crippen molar-refractivity contribution in [2.45, 2.75) is 19.4 Å². The van der Waals surface area contributed by atoms with E-state index in [1.807, 2.05) is 0 Å². The van der Waals surface area contributed by atoms with E-state index in [2.05, 4.69) is 0 Å². The lowest BCUT2D eigenvalue weighted by Crippen LogP contribution is -2.36. The average molecular weight is 242 g/mol. The van der Waals surface area contributed by atoms with E-state index in [0.717, 1.165) is 0 Å². The van der Waals surface area contributed by atoms with Crippen LogP contribution >= 0.6 is 0 Å². The van der Waals surface area contributed by atoms with Crippen LogP contribution in [0.5, 0.6) is 5.75 Å². The van der Waals surface area contributed by atoms with E-state index in [9.17, 15) is 9.50 Å². The molecule has 0 aliphatic rings. The number of hydrogen-bond acceptors (Lipinski definition) is 4. The van der Waals surface area contributed by atoms with E-state index in [-0.39, 0.29) is 5.75 Å². The molecule has 4 nitrogen and oxygen atoms in total. The molecule has 3 N–H and O–H groups in total. The van der Waals surface area contributed by atoms with E-state index in [1.165, 1.54) is 19.2 Å². The van der Waals surface area contributed by atoms with Crippen LogP contribution in [0.2, 0.25) is 0 Å². The van der Waals surface area contributed by atoms with Crippen LogP contribution in [0.4, 0.5) is 15.8 Å². The van der Waals surface area contributed by atoms with Crippen molar-refractivity contribution in [1.29, 1.82) is 0 Å². The SMILES string of the molecule is COc1cc(N(C)CC(C)(C)O)c(N)cc1F. The Balaban J connectivity index is 3.05. The molecule has 0 saturated heterocycles. The maximum atomic E-state index is 13.4. The van der Waals surface area contributed by atoms with Crippen molar-refractivity contribution in [1.82, 2.24) is 0 Å². The van der Waals surface area contributed by atoms with Crippen molar-refractivity contribution in [3.63, 3.8) is 0 Å². The predicted octanol–water partition coefficient (Wildman–Crippen LogP) is 1.62. The van der Waals surface area contributed by atoms with Crippen LogP contribution in [-0.4, -0.2) is 31.4 Å². The van der Waals surface area contributed by atoms with Crippen LogP contribution < -0.4 is 15.4 Å². The van der Waals surface area contributed by atoms with Gasteiger partial charge >= 0.3 is 0 Å². The lowest BCUT2D eigenvalue weighted by Gasteiger charge is -2.28. The summed E-state index contributed by atoms with van der Waals surface area (Å²) in [4.78, 5) is 1.76. The summed E-state index contributed by atoms with van der Waals surface area (Å²) < 4.78 is 18.3. The first-order chi connectivity index (χ1) is 7.74. The first-order valence-electron chi connectivity index (χ1n) is 5.31. The molecule has 0 heterocycles. The maximum absolute atomic E-state index is 13.4. The molecule has 0 bridgehead atoms. The fourth-order valence-corrected chi connectivity index (χ4v) is 1.71. The monoisotopic (exact) mass is 242 g/mol. The van der Waals surface area contributed by atoms with Crippen LogP contribution in [0.15, 0.2) is 12.1 Å². The van der Waals surface area contributed by atoms with Crippen LogP contribution in [0, 0.1) is 5.82 Å². The first kappa shape index (κ1) is 13.6. The number of rotatable bonds is 4. The van der Waals surface area contributed by atoms with Gasteiger partial charge in [-0.05, 0) is 13.8 Å². The predicted molar refractivity (Wildman–Crippen MR) is 66.9 cm³/mol. The number of nitrogen functional groups attached to an aromatic ring is 1. The molecular formula is C12H19FN2O2. The molecule has 1 aromatic carbocycles. The average Bonchev–Trinajstić information content (AvgIpc) is 2.14. The van der Waals surface area contributed by atoms with Gasteiger partial charge in [0.05, 0.1) is 24.1 Å². The Labute approximate surface area is 101 Å². The van der Waals surface area contributed by atoms with Crippen molar-refractivity contribution >= 4 is 11.4 Å². The molecule has 0 spiro atoms. The molecule has 96 valence electrons. The van der Waals surface area contributed by atoms with Crippen molar-refractivity contribution in [3.05, 3.63) is 17.9 Å². The van der Waals surface area contributed by atoms with Crippen molar-refractivity contribution in [2.24, 2.45) is 0 Å². The second-order valence-corrected chi connectivity index (χ2v) is 4.71. The number of anilines is 2. The van der Waals surface area contributed by atoms with Gasteiger partial charge in [-0.25, -0.2) is 4.39 Å². The highest BCUT2D eigenvalue weighted by Crippen LogP contribution is 2.30. The highest BCUT2D eigenvalue weighted by atomic mass is 19.1. The van der Waals surface area contributed by atoms with Gasteiger partial charge in [-0.15, -0.1) is 0 Å². The van der Waals surface area contributed by atoms with Gasteiger partial charge in [0.1, 0.15) is 0 Å². The molecule has 0 amide bonds. The molecule has 1 rings (SSSR count). The van der Waals surface area contributed by atoms with E-state index >= 15 is 0 Å². The standard InChI is InChI=1S/C12H19FN2O2/c1-12(2,16)7-15(3)10-6-11(17-4)8(13)5-9(10)14/h5-6,16H,7,14H2,1-4H3. The molecule has 17 heavy (non-hydrogen) atoms. The zero-order chi connectivity index (χ0) is 13.2. The summed E-state index contributed by atoms with van der Waals surface area (Å²) in [6, 6.07) is 2.74. The van der Waals surface area contributed by atoms with Crippen molar-refractivity contribution in [3.8, 4) is 5.75 Å². The molecule has 1 aromatic rings. The summed E-state index contributed by atoms with van der Waals surface area (Å²) in [7, 11) is 3.18. The number of aliphatic hydroxyl groups is 1. The van der Waals surface area contributed by atoms with E-state index in [0.29, 0.717) is 17.9 Å². The summed E-state index contributed by atoms with van der Waals surface area (Å²) in [5.74, 6) is -0.359. The molecule has 5 heteroatoms. The van der Waals surface area contributed by atoms with Crippen molar-refractivity contribution < 1.29 is 14.2 Å². The van der Waals surface area contributed by atoms with Gasteiger partial charge in [0, 0.05) is 25.7 Å². The Morgan fingerprint density at radius 3 is 2.53 bits per heavy atom. The smallest absolute Gasteiger partial charge is 0.167 e. The number of nitrogens with zero attached hydrogens (tertiary/aromatic N) is 1. The highest BCUT2D eigenvalue weighted by molar-refractivity contribution is 5.69. The number of benzene rings is 1. The Bertz CT molecular complexity index is 402. The Hall–Kier alpha value is -1.49. The van der Waals surface area contributed by atoms with Gasteiger partial charge in [-0.1, -0.05) is 0 Å². The zero-order valence-corrected chi connectivity index (χ0v) is 10.6. The summed E-state index contributed by atoms with van der Waals surface area (Å²) in [5.41, 5.74) is 5.83. The van der Waals surface area contributed by atoms with Crippen LogP contribution in [0.25, 0.3) is 0 Å².